The van der Waals surface area contributed by atoms with Crippen molar-refractivity contribution >= 4 is 23.7 Å². The maximum atomic E-state index is 11.3. The van der Waals surface area contributed by atoms with E-state index in [1.54, 1.807) is 24.3 Å². The van der Waals surface area contributed by atoms with Gasteiger partial charge < -0.3 is 14.3 Å². The number of ketones is 1. The molecule has 0 fully saturated rings. The zero-order valence-electron chi connectivity index (χ0n) is 10.4. The SMILES string of the molecule is COC(=O)C(=O)C(C=O)N=Nc1ccc(OC)cc1. The van der Waals surface area contributed by atoms with Gasteiger partial charge in [-0.1, -0.05) is 0 Å². The number of hydrogen-bond acceptors (Lipinski definition) is 7. The molecule has 0 heterocycles. The van der Waals surface area contributed by atoms with Crippen LogP contribution in [0.3, 0.4) is 0 Å². The number of carbonyl (C=O) groups is 3. The van der Waals surface area contributed by atoms with E-state index in [-0.39, 0.29) is 6.29 Å². The third-order valence-electron chi connectivity index (χ3n) is 2.15. The predicted octanol–water partition coefficient (Wildman–Crippen LogP) is 1.09. The van der Waals surface area contributed by atoms with E-state index >= 15 is 0 Å². The number of benzene rings is 1. The first-order chi connectivity index (χ1) is 9.12. The van der Waals surface area contributed by atoms with Gasteiger partial charge in [-0.25, -0.2) is 4.79 Å². The predicted molar refractivity (Wildman–Crippen MR) is 64.4 cm³/mol. The van der Waals surface area contributed by atoms with Gasteiger partial charge in [-0.3, -0.25) is 4.79 Å². The van der Waals surface area contributed by atoms with E-state index in [2.05, 4.69) is 15.0 Å². The number of carbonyl (C=O) groups excluding carboxylic acids is 3. The summed E-state index contributed by atoms with van der Waals surface area (Å²) >= 11 is 0. The molecule has 0 bridgehead atoms. The van der Waals surface area contributed by atoms with E-state index in [4.69, 9.17) is 4.74 Å². The third kappa shape index (κ3) is 3.98. The van der Waals surface area contributed by atoms with Crippen molar-refractivity contribution in [3.63, 3.8) is 0 Å². The van der Waals surface area contributed by atoms with Gasteiger partial charge in [0.05, 0.1) is 19.9 Å². The first-order valence-electron chi connectivity index (χ1n) is 5.24. The molecule has 19 heavy (non-hydrogen) atoms. The lowest BCUT2D eigenvalue weighted by Crippen LogP contribution is -2.28. The molecule has 0 aliphatic rings. The highest BCUT2D eigenvalue weighted by Gasteiger charge is 2.25. The Kier molecular flexibility index (Phi) is 5.34. The Balaban J connectivity index is 2.79. The molecule has 1 atom stereocenters. The van der Waals surface area contributed by atoms with Crippen LogP contribution >= 0.6 is 0 Å². The van der Waals surface area contributed by atoms with Gasteiger partial charge in [-0.2, -0.15) is 10.2 Å². The van der Waals surface area contributed by atoms with Crippen LogP contribution in [-0.4, -0.2) is 38.3 Å². The summed E-state index contributed by atoms with van der Waals surface area (Å²) in [4.78, 5) is 33.0. The fourth-order valence-corrected chi connectivity index (χ4v) is 1.14. The number of ether oxygens (including phenoxy) is 2. The van der Waals surface area contributed by atoms with Crippen LogP contribution in [0.25, 0.3) is 0 Å². The summed E-state index contributed by atoms with van der Waals surface area (Å²) in [6, 6.07) is 4.98. The Morgan fingerprint density at radius 2 is 1.84 bits per heavy atom. The summed E-state index contributed by atoms with van der Waals surface area (Å²) in [5, 5.41) is 7.20. The summed E-state index contributed by atoms with van der Waals surface area (Å²) < 4.78 is 9.17. The second-order valence-electron chi connectivity index (χ2n) is 3.35. The van der Waals surface area contributed by atoms with Gasteiger partial charge in [-0.15, -0.1) is 0 Å². The van der Waals surface area contributed by atoms with E-state index in [0.29, 0.717) is 11.4 Å². The van der Waals surface area contributed by atoms with Crippen molar-refractivity contribution in [3.05, 3.63) is 24.3 Å². The molecule has 1 aromatic carbocycles. The van der Waals surface area contributed by atoms with E-state index in [1.165, 1.54) is 7.11 Å². The Morgan fingerprint density at radius 1 is 1.21 bits per heavy atom. The minimum atomic E-state index is -1.49. The van der Waals surface area contributed by atoms with E-state index in [9.17, 15) is 14.4 Å². The van der Waals surface area contributed by atoms with Crippen LogP contribution in [0.4, 0.5) is 5.69 Å². The van der Waals surface area contributed by atoms with Crippen molar-refractivity contribution in [1.29, 1.82) is 0 Å². The van der Waals surface area contributed by atoms with Crippen molar-refractivity contribution in [2.45, 2.75) is 6.04 Å². The van der Waals surface area contributed by atoms with Crippen LogP contribution in [0.2, 0.25) is 0 Å². The van der Waals surface area contributed by atoms with Crippen molar-refractivity contribution < 1.29 is 23.9 Å². The summed E-state index contributed by atoms with van der Waals surface area (Å²) in [5.41, 5.74) is 0.422. The summed E-state index contributed by atoms with van der Waals surface area (Å²) in [6.45, 7) is 0. The van der Waals surface area contributed by atoms with Crippen LogP contribution in [0.1, 0.15) is 0 Å². The average molecular weight is 264 g/mol. The Hall–Kier alpha value is -2.57. The molecule has 0 spiro atoms. The minimum absolute atomic E-state index is 0.228. The maximum Gasteiger partial charge on any atom is 0.377 e. The smallest absolute Gasteiger partial charge is 0.377 e. The highest BCUT2D eigenvalue weighted by molar-refractivity contribution is 6.38. The molecule has 0 N–H and O–H groups in total. The molecule has 0 saturated carbocycles. The molecule has 7 heteroatoms. The molecule has 100 valence electrons. The van der Waals surface area contributed by atoms with Gasteiger partial charge in [-0.05, 0) is 24.3 Å². The zero-order chi connectivity index (χ0) is 14.3. The lowest BCUT2D eigenvalue weighted by molar-refractivity contribution is -0.152. The monoisotopic (exact) mass is 264 g/mol. The van der Waals surface area contributed by atoms with Gasteiger partial charge in [0.15, 0.2) is 12.3 Å². The highest BCUT2D eigenvalue weighted by Crippen LogP contribution is 2.18. The zero-order valence-corrected chi connectivity index (χ0v) is 10.4. The number of hydrogen-bond donors (Lipinski definition) is 0. The van der Waals surface area contributed by atoms with E-state index < -0.39 is 17.8 Å². The first kappa shape index (κ1) is 14.5. The van der Waals surface area contributed by atoms with Crippen LogP contribution in [-0.2, 0) is 19.1 Å². The largest absolute Gasteiger partial charge is 0.497 e. The van der Waals surface area contributed by atoms with Gasteiger partial charge in [0.1, 0.15) is 5.75 Å². The van der Waals surface area contributed by atoms with Crippen molar-refractivity contribution in [3.8, 4) is 5.75 Å². The number of aldehydes is 1. The summed E-state index contributed by atoms with van der Waals surface area (Å²) in [6.07, 6.45) is 0.228. The Labute approximate surface area is 109 Å². The number of methoxy groups -OCH3 is 2. The molecule has 1 unspecified atom stereocenters. The molecule has 1 aromatic rings. The number of azo groups is 1. The summed E-state index contributed by atoms with van der Waals surface area (Å²) in [5.74, 6) is -1.56. The number of rotatable bonds is 6. The lowest BCUT2D eigenvalue weighted by atomic mass is 10.2. The fourth-order valence-electron chi connectivity index (χ4n) is 1.14. The van der Waals surface area contributed by atoms with Crippen LogP contribution in [0.15, 0.2) is 34.5 Å². The molecular formula is C12H12N2O5. The van der Waals surface area contributed by atoms with Crippen LogP contribution < -0.4 is 4.74 Å². The highest BCUT2D eigenvalue weighted by atomic mass is 16.5. The van der Waals surface area contributed by atoms with Crippen molar-refractivity contribution in [2.75, 3.05) is 14.2 Å². The van der Waals surface area contributed by atoms with Gasteiger partial charge in [0.2, 0.25) is 0 Å². The van der Waals surface area contributed by atoms with Gasteiger partial charge >= 0.3 is 5.97 Å². The molecule has 0 aliphatic heterocycles. The maximum absolute atomic E-state index is 11.3. The Morgan fingerprint density at radius 3 is 2.32 bits per heavy atom. The Bertz CT molecular complexity index is 495. The molecule has 0 aromatic heterocycles. The number of Topliss-reactive ketones (excluding diaryl/α,β-unsaturated/α-hetero) is 1. The fraction of sp³-hybridized carbons (Fsp3) is 0.250. The molecule has 1 rings (SSSR count). The average Bonchev–Trinajstić information content (AvgIpc) is 2.47. The van der Waals surface area contributed by atoms with Gasteiger partial charge in [0.25, 0.3) is 5.78 Å². The molecule has 0 saturated heterocycles. The summed E-state index contributed by atoms with van der Waals surface area (Å²) in [7, 11) is 2.57. The number of esters is 1. The molecule has 0 amide bonds. The third-order valence-corrected chi connectivity index (χ3v) is 2.15. The lowest BCUT2D eigenvalue weighted by Gasteiger charge is -2.01. The first-order valence-corrected chi connectivity index (χ1v) is 5.24. The van der Waals surface area contributed by atoms with Crippen LogP contribution in [0, 0.1) is 0 Å². The second-order valence-corrected chi connectivity index (χ2v) is 3.35. The minimum Gasteiger partial charge on any atom is -0.497 e. The topological polar surface area (TPSA) is 94.4 Å². The molecular weight excluding hydrogens is 252 g/mol. The number of nitrogens with zero attached hydrogens (tertiary/aromatic N) is 2. The molecule has 0 aliphatic carbocycles. The molecule has 0 radical (unpaired) electrons. The standard InChI is InChI=1S/C12H12N2O5/c1-18-9-5-3-8(4-6-9)13-14-10(7-15)11(16)12(17)19-2/h3-7,10H,1-2H3. The van der Waals surface area contributed by atoms with E-state index in [0.717, 1.165) is 7.11 Å². The van der Waals surface area contributed by atoms with Crippen LogP contribution in [0.5, 0.6) is 5.75 Å². The second kappa shape index (κ2) is 7.00. The van der Waals surface area contributed by atoms with Crippen molar-refractivity contribution in [2.24, 2.45) is 10.2 Å². The molecule has 7 nitrogen and oxygen atoms in total. The van der Waals surface area contributed by atoms with Crippen molar-refractivity contribution in [1.82, 2.24) is 0 Å². The normalized spacial score (nSPS) is 11.9. The van der Waals surface area contributed by atoms with E-state index in [1.807, 2.05) is 0 Å². The quantitative estimate of drug-likeness (QED) is 0.252. The van der Waals surface area contributed by atoms with Gasteiger partial charge in [0, 0.05) is 0 Å².